The fourth-order valence-electron chi connectivity index (χ4n) is 1.75. The van der Waals surface area contributed by atoms with E-state index in [0.717, 1.165) is 17.8 Å². The zero-order valence-electron chi connectivity index (χ0n) is 9.97. The fraction of sp³-hybridized carbons (Fsp3) is 0.273. The average molecular weight is 249 g/mol. The number of hydroxylamine groups is 1. The van der Waals surface area contributed by atoms with Gasteiger partial charge in [-0.1, -0.05) is 6.92 Å². The van der Waals surface area contributed by atoms with Crippen LogP contribution in [0.15, 0.2) is 18.3 Å². The Kier molecular flexibility index (Phi) is 3.33. The molecule has 0 aliphatic carbocycles. The number of pyridine rings is 1. The van der Waals surface area contributed by atoms with E-state index in [-0.39, 0.29) is 6.54 Å². The number of aromatic nitrogens is 2. The number of hydrogen-bond acceptors (Lipinski definition) is 5. The minimum absolute atomic E-state index is 0.0356. The second-order valence-electron chi connectivity index (χ2n) is 3.84. The van der Waals surface area contributed by atoms with Crippen molar-refractivity contribution in [3.63, 3.8) is 0 Å². The quantitative estimate of drug-likeness (QED) is 0.463. The molecule has 2 heterocycles. The zero-order chi connectivity index (χ0) is 13.1. The molecule has 96 valence electrons. The van der Waals surface area contributed by atoms with Crippen LogP contribution in [0.3, 0.4) is 0 Å². The second-order valence-corrected chi connectivity index (χ2v) is 3.84. The molecule has 1 amide bonds. The maximum atomic E-state index is 11.0. The maximum absolute atomic E-state index is 11.0. The highest BCUT2D eigenvalue weighted by Crippen LogP contribution is 2.20. The van der Waals surface area contributed by atoms with Gasteiger partial charge in [0.2, 0.25) is 0 Å². The molecular formula is C11H15N5O2. The van der Waals surface area contributed by atoms with Gasteiger partial charge in [0.25, 0.3) is 5.91 Å². The smallest absolute Gasteiger partial charge is 0.262 e. The van der Waals surface area contributed by atoms with Crippen LogP contribution in [0.25, 0.3) is 5.65 Å². The molecule has 0 bridgehead atoms. The summed E-state index contributed by atoms with van der Waals surface area (Å²) in [5.41, 5.74) is 9.50. The molecule has 0 aliphatic rings. The van der Waals surface area contributed by atoms with Crippen LogP contribution in [0.2, 0.25) is 0 Å². The Bertz CT molecular complexity index is 578. The number of imidazole rings is 1. The number of nitrogens with one attached hydrogen (secondary N) is 2. The summed E-state index contributed by atoms with van der Waals surface area (Å²) in [6, 6.07) is 3.58. The van der Waals surface area contributed by atoms with E-state index in [4.69, 9.17) is 10.9 Å². The summed E-state index contributed by atoms with van der Waals surface area (Å²) in [5, 5.41) is 11.4. The van der Waals surface area contributed by atoms with Crippen LogP contribution >= 0.6 is 0 Å². The Morgan fingerprint density at radius 1 is 1.56 bits per heavy atom. The van der Waals surface area contributed by atoms with E-state index in [1.54, 1.807) is 22.1 Å². The molecule has 2 rings (SSSR count). The molecule has 0 fully saturated rings. The minimum Gasteiger partial charge on any atom is -0.398 e. The first kappa shape index (κ1) is 12.2. The topological polar surface area (TPSA) is 105 Å². The predicted octanol–water partition coefficient (Wildman–Crippen LogP) is 0.396. The molecule has 2 aromatic heterocycles. The maximum Gasteiger partial charge on any atom is 0.262 e. The average Bonchev–Trinajstić information content (AvgIpc) is 2.73. The molecule has 0 unspecified atom stereocenters. The molecule has 2 aromatic rings. The molecular weight excluding hydrogens is 234 g/mol. The van der Waals surface area contributed by atoms with Crippen molar-refractivity contribution in [2.24, 2.45) is 0 Å². The third-order valence-electron chi connectivity index (χ3n) is 2.59. The van der Waals surface area contributed by atoms with Gasteiger partial charge in [-0.2, -0.15) is 0 Å². The molecule has 0 saturated carbocycles. The van der Waals surface area contributed by atoms with E-state index < -0.39 is 5.91 Å². The molecule has 0 aromatic carbocycles. The molecule has 18 heavy (non-hydrogen) atoms. The first-order chi connectivity index (χ1) is 8.65. The van der Waals surface area contributed by atoms with Crippen LogP contribution in [0.4, 0.5) is 11.5 Å². The van der Waals surface area contributed by atoms with Crippen LogP contribution in [0, 0.1) is 0 Å². The van der Waals surface area contributed by atoms with Crippen molar-refractivity contribution in [2.75, 3.05) is 17.6 Å². The number of nitrogens with two attached hydrogens (primary N) is 1. The Balaban J connectivity index is 2.39. The van der Waals surface area contributed by atoms with Gasteiger partial charge < -0.3 is 11.1 Å². The molecule has 0 spiro atoms. The molecule has 7 heteroatoms. The van der Waals surface area contributed by atoms with Gasteiger partial charge in [-0.15, -0.1) is 0 Å². The number of nitrogen functional groups attached to an aromatic ring is 1. The van der Waals surface area contributed by atoms with Gasteiger partial charge in [0.15, 0.2) is 0 Å². The fourth-order valence-corrected chi connectivity index (χ4v) is 1.75. The number of anilines is 2. The van der Waals surface area contributed by atoms with E-state index >= 15 is 0 Å². The van der Waals surface area contributed by atoms with E-state index in [1.807, 2.05) is 13.0 Å². The number of fused-ring (bicyclic) bond motifs is 1. The lowest BCUT2D eigenvalue weighted by molar-refractivity contribution is -0.127. The predicted molar refractivity (Wildman–Crippen MR) is 67.4 cm³/mol. The lowest BCUT2D eigenvalue weighted by atomic mass is 10.3. The summed E-state index contributed by atoms with van der Waals surface area (Å²) in [6.45, 7) is 1.94. The Labute approximate surface area is 104 Å². The highest BCUT2D eigenvalue weighted by Gasteiger charge is 2.11. The number of nitrogens with zero attached hydrogens (tertiary/aromatic N) is 2. The van der Waals surface area contributed by atoms with Crippen molar-refractivity contribution < 1.29 is 10.0 Å². The number of hydrogen-bond donors (Lipinski definition) is 4. The molecule has 0 radical (unpaired) electrons. The van der Waals surface area contributed by atoms with Crippen LogP contribution < -0.4 is 16.5 Å². The van der Waals surface area contributed by atoms with Gasteiger partial charge in [0.1, 0.15) is 11.5 Å². The first-order valence-corrected chi connectivity index (χ1v) is 5.59. The molecule has 7 nitrogen and oxygen atoms in total. The van der Waals surface area contributed by atoms with E-state index in [9.17, 15) is 4.79 Å². The van der Waals surface area contributed by atoms with Crippen molar-refractivity contribution in [1.29, 1.82) is 0 Å². The monoisotopic (exact) mass is 249 g/mol. The number of aryl methyl sites for hydroxylation is 1. The van der Waals surface area contributed by atoms with E-state index in [1.165, 1.54) is 0 Å². The van der Waals surface area contributed by atoms with Gasteiger partial charge in [0.05, 0.1) is 12.2 Å². The normalized spacial score (nSPS) is 10.6. The standard InChI is InChI=1S/C11H15N5O2/c1-2-8-11(13-5-10(17)15-18)16-6-7(12)3-4-9(16)14-8/h3-4,6,13,18H,2,5,12H2,1H3,(H,15,17). The van der Waals surface area contributed by atoms with Crippen molar-refractivity contribution in [1.82, 2.24) is 14.9 Å². The zero-order valence-corrected chi connectivity index (χ0v) is 9.97. The molecule has 5 N–H and O–H groups in total. The number of carbonyl (C=O) groups is 1. The lowest BCUT2D eigenvalue weighted by Crippen LogP contribution is -2.27. The Morgan fingerprint density at radius 2 is 2.33 bits per heavy atom. The summed E-state index contributed by atoms with van der Waals surface area (Å²) in [7, 11) is 0. The third kappa shape index (κ3) is 2.21. The third-order valence-corrected chi connectivity index (χ3v) is 2.59. The summed E-state index contributed by atoms with van der Waals surface area (Å²) >= 11 is 0. The van der Waals surface area contributed by atoms with Crippen LogP contribution in [0.1, 0.15) is 12.6 Å². The summed E-state index contributed by atoms with van der Waals surface area (Å²) in [5.74, 6) is 0.194. The van der Waals surface area contributed by atoms with Crippen molar-refractivity contribution >= 4 is 23.1 Å². The van der Waals surface area contributed by atoms with E-state index in [2.05, 4.69) is 10.3 Å². The van der Waals surface area contributed by atoms with Gasteiger partial charge in [-0.25, -0.2) is 10.5 Å². The van der Waals surface area contributed by atoms with Crippen molar-refractivity contribution in [3.8, 4) is 0 Å². The van der Waals surface area contributed by atoms with Crippen molar-refractivity contribution in [2.45, 2.75) is 13.3 Å². The SMILES string of the molecule is CCc1nc2ccc(N)cn2c1NCC(=O)NO. The van der Waals surface area contributed by atoms with Crippen LogP contribution in [-0.4, -0.2) is 27.0 Å². The van der Waals surface area contributed by atoms with Gasteiger partial charge in [-0.05, 0) is 18.6 Å². The Hall–Kier alpha value is -2.28. The molecule has 0 atom stereocenters. The second kappa shape index (κ2) is 4.92. The van der Waals surface area contributed by atoms with E-state index in [0.29, 0.717) is 11.5 Å². The van der Waals surface area contributed by atoms with Crippen molar-refractivity contribution in [3.05, 3.63) is 24.0 Å². The van der Waals surface area contributed by atoms with Crippen LogP contribution in [0.5, 0.6) is 0 Å². The molecule has 0 saturated heterocycles. The van der Waals surface area contributed by atoms with Crippen LogP contribution in [-0.2, 0) is 11.2 Å². The minimum atomic E-state index is -0.518. The lowest BCUT2D eigenvalue weighted by Gasteiger charge is -2.07. The van der Waals surface area contributed by atoms with Gasteiger partial charge >= 0.3 is 0 Å². The Morgan fingerprint density at radius 3 is 3.00 bits per heavy atom. The summed E-state index contributed by atoms with van der Waals surface area (Å²) < 4.78 is 1.79. The molecule has 0 aliphatic heterocycles. The highest BCUT2D eigenvalue weighted by molar-refractivity contribution is 5.79. The largest absolute Gasteiger partial charge is 0.398 e. The number of rotatable bonds is 4. The number of carbonyl (C=O) groups excluding carboxylic acids is 1. The first-order valence-electron chi connectivity index (χ1n) is 5.59. The van der Waals surface area contributed by atoms with Gasteiger partial charge in [0, 0.05) is 11.9 Å². The summed E-state index contributed by atoms with van der Waals surface area (Å²) in [4.78, 5) is 15.5. The summed E-state index contributed by atoms with van der Waals surface area (Å²) in [6.07, 6.45) is 2.46. The highest BCUT2D eigenvalue weighted by atomic mass is 16.5. The van der Waals surface area contributed by atoms with Gasteiger partial charge in [-0.3, -0.25) is 14.4 Å². The number of amides is 1.